The molecule has 2 aromatic carbocycles. The summed E-state index contributed by atoms with van der Waals surface area (Å²) in [6, 6.07) is 15.0. The van der Waals surface area contributed by atoms with E-state index in [0.717, 1.165) is 30.3 Å². The molecular formula is C22H26N2O. The first-order valence-electron chi connectivity index (χ1n) is 9.68. The SMILES string of the molecule is Oc1cc2c(cc1Nc1ccccc1)C[C@@H]1NCC[C@]23CCCC[C@H]13. The van der Waals surface area contributed by atoms with Crippen LogP contribution in [-0.4, -0.2) is 17.7 Å². The van der Waals surface area contributed by atoms with Crippen LogP contribution < -0.4 is 10.6 Å². The van der Waals surface area contributed by atoms with Crippen molar-refractivity contribution in [3.63, 3.8) is 0 Å². The number of aromatic hydroxyl groups is 1. The smallest absolute Gasteiger partial charge is 0.139 e. The molecule has 1 aliphatic heterocycles. The fourth-order valence-electron chi connectivity index (χ4n) is 5.75. The number of para-hydroxylation sites is 1. The quantitative estimate of drug-likeness (QED) is 0.710. The topological polar surface area (TPSA) is 44.3 Å². The van der Waals surface area contributed by atoms with Crippen LogP contribution in [0.4, 0.5) is 11.4 Å². The van der Waals surface area contributed by atoms with Crippen molar-refractivity contribution in [2.45, 2.75) is 50.0 Å². The van der Waals surface area contributed by atoms with Crippen molar-refractivity contribution >= 4 is 11.4 Å². The molecule has 130 valence electrons. The first-order chi connectivity index (χ1) is 12.3. The minimum Gasteiger partial charge on any atom is -0.506 e. The lowest BCUT2D eigenvalue weighted by Crippen LogP contribution is -2.59. The van der Waals surface area contributed by atoms with Gasteiger partial charge in [0.15, 0.2) is 0 Å². The van der Waals surface area contributed by atoms with Crippen LogP contribution >= 0.6 is 0 Å². The lowest BCUT2D eigenvalue weighted by molar-refractivity contribution is 0.0796. The van der Waals surface area contributed by atoms with Gasteiger partial charge in [0.25, 0.3) is 0 Å². The predicted molar refractivity (Wildman–Crippen MR) is 102 cm³/mol. The van der Waals surface area contributed by atoms with E-state index in [1.54, 1.807) is 0 Å². The number of phenols is 1. The van der Waals surface area contributed by atoms with Crippen molar-refractivity contribution < 1.29 is 5.11 Å². The largest absolute Gasteiger partial charge is 0.506 e. The summed E-state index contributed by atoms with van der Waals surface area (Å²) >= 11 is 0. The molecule has 3 aliphatic rings. The number of piperidine rings is 1. The molecule has 2 fully saturated rings. The van der Waals surface area contributed by atoms with Gasteiger partial charge in [-0.25, -0.2) is 0 Å². The first-order valence-corrected chi connectivity index (χ1v) is 9.68. The van der Waals surface area contributed by atoms with Crippen LogP contribution in [0.2, 0.25) is 0 Å². The number of rotatable bonds is 2. The highest BCUT2D eigenvalue weighted by Crippen LogP contribution is 2.55. The molecule has 2 aliphatic carbocycles. The third kappa shape index (κ3) is 2.36. The maximum absolute atomic E-state index is 10.7. The maximum atomic E-state index is 10.7. The normalized spacial score (nSPS) is 30.2. The van der Waals surface area contributed by atoms with Crippen LogP contribution in [0.15, 0.2) is 42.5 Å². The lowest BCUT2D eigenvalue weighted by atomic mass is 9.53. The van der Waals surface area contributed by atoms with E-state index in [2.05, 4.69) is 22.8 Å². The Morgan fingerprint density at radius 1 is 1.08 bits per heavy atom. The third-order valence-corrected chi connectivity index (χ3v) is 6.81. The van der Waals surface area contributed by atoms with E-state index in [4.69, 9.17) is 0 Å². The van der Waals surface area contributed by atoms with Gasteiger partial charge in [-0.15, -0.1) is 0 Å². The molecule has 3 atom stereocenters. The molecule has 5 rings (SSSR count). The summed E-state index contributed by atoms with van der Waals surface area (Å²) in [5, 5.41) is 17.9. The van der Waals surface area contributed by atoms with Gasteiger partial charge in [0.2, 0.25) is 0 Å². The minimum atomic E-state index is 0.296. The van der Waals surface area contributed by atoms with E-state index in [-0.39, 0.29) is 0 Å². The van der Waals surface area contributed by atoms with Gasteiger partial charge < -0.3 is 15.7 Å². The summed E-state index contributed by atoms with van der Waals surface area (Å²) in [7, 11) is 0. The Bertz CT molecular complexity index is 784. The molecule has 3 heteroatoms. The van der Waals surface area contributed by atoms with Crippen molar-refractivity contribution in [1.82, 2.24) is 5.32 Å². The zero-order chi connectivity index (χ0) is 16.9. The third-order valence-electron chi connectivity index (χ3n) is 6.81. The van der Waals surface area contributed by atoms with E-state index in [1.807, 2.05) is 30.3 Å². The number of nitrogens with one attached hydrogen (secondary N) is 2. The molecular weight excluding hydrogens is 308 g/mol. The van der Waals surface area contributed by atoms with Crippen LogP contribution in [-0.2, 0) is 11.8 Å². The van der Waals surface area contributed by atoms with E-state index in [9.17, 15) is 5.11 Å². The van der Waals surface area contributed by atoms with E-state index in [1.165, 1.54) is 43.2 Å². The van der Waals surface area contributed by atoms with Gasteiger partial charge in [-0.1, -0.05) is 31.0 Å². The summed E-state index contributed by atoms with van der Waals surface area (Å²) in [6.07, 6.45) is 7.61. The Morgan fingerprint density at radius 3 is 2.84 bits per heavy atom. The van der Waals surface area contributed by atoms with Crippen molar-refractivity contribution in [2.75, 3.05) is 11.9 Å². The maximum Gasteiger partial charge on any atom is 0.139 e. The molecule has 2 bridgehead atoms. The number of phenolic OH excluding ortho intramolecular Hbond substituents is 1. The predicted octanol–water partition coefficient (Wildman–Crippen LogP) is 4.48. The summed E-state index contributed by atoms with van der Waals surface area (Å²) in [4.78, 5) is 0. The van der Waals surface area contributed by atoms with Gasteiger partial charge in [-0.05, 0) is 73.5 Å². The van der Waals surface area contributed by atoms with Crippen molar-refractivity contribution in [3.8, 4) is 5.75 Å². The average molecular weight is 334 g/mol. The Labute approximate surface area is 149 Å². The van der Waals surface area contributed by atoms with Crippen LogP contribution in [0.5, 0.6) is 5.75 Å². The summed E-state index contributed by atoms with van der Waals surface area (Å²) < 4.78 is 0. The van der Waals surface area contributed by atoms with E-state index >= 15 is 0 Å². The average Bonchev–Trinajstić information content (AvgIpc) is 2.64. The second-order valence-corrected chi connectivity index (χ2v) is 8.04. The lowest BCUT2D eigenvalue weighted by Gasteiger charge is -2.56. The summed E-state index contributed by atoms with van der Waals surface area (Å²) in [5.74, 6) is 1.13. The zero-order valence-electron chi connectivity index (χ0n) is 14.6. The van der Waals surface area contributed by atoms with Gasteiger partial charge in [0.1, 0.15) is 5.75 Å². The highest BCUT2D eigenvalue weighted by molar-refractivity contribution is 5.69. The highest BCUT2D eigenvalue weighted by Gasteiger charge is 2.51. The molecule has 0 amide bonds. The van der Waals surface area contributed by atoms with Gasteiger partial charge in [0, 0.05) is 17.1 Å². The van der Waals surface area contributed by atoms with E-state index in [0.29, 0.717) is 17.2 Å². The van der Waals surface area contributed by atoms with Crippen LogP contribution in [0.25, 0.3) is 0 Å². The minimum absolute atomic E-state index is 0.296. The second-order valence-electron chi connectivity index (χ2n) is 8.04. The van der Waals surface area contributed by atoms with Crippen molar-refractivity contribution in [2.24, 2.45) is 5.92 Å². The van der Waals surface area contributed by atoms with E-state index < -0.39 is 0 Å². The van der Waals surface area contributed by atoms with Gasteiger partial charge in [0.05, 0.1) is 5.69 Å². The monoisotopic (exact) mass is 334 g/mol. The number of hydrogen-bond donors (Lipinski definition) is 3. The van der Waals surface area contributed by atoms with Crippen LogP contribution in [0, 0.1) is 5.92 Å². The molecule has 1 saturated heterocycles. The number of fused-ring (bicyclic) bond motifs is 1. The molecule has 0 spiro atoms. The van der Waals surface area contributed by atoms with Crippen molar-refractivity contribution in [3.05, 3.63) is 53.6 Å². The molecule has 0 aromatic heterocycles. The first kappa shape index (κ1) is 15.3. The highest BCUT2D eigenvalue weighted by atomic mass is 16.3. The van der Waals surface area contributed by atoms with Crippen molar-refractivity contribution in [1.29, 1.82) is 0 Å². The number of hydrogen-bond acceptors (Lipinski definition) is 3. The molecule has 3 nitrogen and oxygen atoms in total. The van der Waals surface area contributed by atoms with Gasteiger partial charge >= 0.3 is 0 Å². The fraction of sp³-hybridized carbons (Fsp3) is 0.455. The molecule has 1 heterocycles. The Kier molecular flexibility index (Phi) is 3.53. The second kappa shape index (κ2) is 5.77. The molecule has 0 radical (unpaired) electrons. The number of benzene rings is 2. The Hall–Kier alpha value is -2.00. The van der Waals surface area contributed by atoms with Crippen LogP contribution in [0.1, 0.15) is 43.2 Å². The Balaban J connectivity index is 1.57. The summed E-state index contributed by atoms with van der Waals surface area (Å²) in [6.45, 7) is 1.12. The molecule has 2 aromatic rings. The van der Waals surface area contributed by atoms with Gasteiger partial charge in [-0.2, -0.15) is 0 Å². The molecule has 25 heavy (non-hydrogen) atoms. The fourth-order valence-corrected chi connectivity index (χ4v) is 5.75. The number of anilines is 2. The van der Waals surface area contributed by atoms with Crippen LogP contribution in [0.3, 0.4) is 0 Å². The van der Waals surface area contributed by atoms with Gasteiger partial charge in [-0.3, -0.25) is 0 Å². The molecule has 3 N–H and O–H groups in total. The Morgan fingerprint density at radius 2 is 1.96 bits per heavy atom. The molecule has 0 unspecified atom stereocenters. The zero-order valence-corrected chi connectivity index (χ0v) is 14.6. The summed E-state index contributed by atoms with van der Waals surface area (Å²) in [5.41, 5.74) is 5.00. The standard InChI is InChI=1S/C22H26N2O/c25-21-14-18-15(13-20(21)24-16-6-2-1-3-7-16)12-19-17-8-4-5-9-22(17,18)10-11-23-19/h1-3,6-7,13-14,17,19,23-25H,4-5,8-12H2/t17-,19+,22+/m1/s1. The molecule has 1 saturated carbocycles.